The SMILES string of the molecule is C[Si](C)(/C=C\CCCCO)c1ccccc1. The molecule has 1 nitrogen and oxygen atoms in total. The van der Waals surface area contributed by atoms with Gasteiger partial charge in [-0.2, -0.15) is 0 Å². The summed E-state index contributed by atoms with van der Waals surface area (Å²) in [5.74, 6) is 0. The van der Waals surface area contributed by atoms with Gasteiger partial charge in [-0.3, -0.25) is 0 Å². The zero-order valence-electron chi connectivity index (χ0n) is 10.3. The lowest BCUT2D eigenvalue weighted by atomic mass is 10.2. The van der Waals surface area contributed by atoms with Crippen molar-refractivity contribution in [2.45, 2.75) is 32.4 Å². The third-order valence-electron chi connectivity index (χ3n) is 2.83. The number of hydrogen-bond donors (Lipinski definition) is 1. The molecule has 1 aromatic rings. The molecule has 0 fully saturated rings. The first-order chi connectivity index (χ1) is 7.67. The summed E-state index contributed by atoms with van der Waals surface area (Å²) in [5, 5.41) is 10.2. The third-order valence-corrected chi connectivity index (χ3v) is 5.72. The van der Waals surface area contributed by atoms with Gasteiger partial charge in [0.1, 0.15) is 8.07 Å². The number of hydrogen-bond acceptors (Lipinski definition) is 1. The van der Waals surface area contributed by atoms with Crippen molar-refractivity contribution in [1.29, 1.82) is 0 Å². The van der Waals surface area contributed by atoms with Gasteiger partial charge in [0.15, 0.2) is 0 Å². The highest BCUT2D eigenvalue weighted by Gasteiger charge is 2.18. The standard InChI is InChI=1S/C14H22OSi/c1-16(2,13-9-4-3-8-12-15)14-10-6-5-7-11-14/h5-7,9-11,13,15H,3-4,8,12H2,1-2H3/b13-9-. The van der Waals surface area contributed by atoms with Crippen molar-refractivity contribution >= 4 is 13.3 Å². The molecular formula is C14H22OSi. The highest BCUT2D eigenvalue weighted by molar-refractivity contribution is 6.93. The molecule has 1 aromatic carbocycles. The van der Waals surface area contributed by atoms with Crippen molar-refractivity contribution in [3.8, 4) is 0 Å². The first-order valence-corrected chi connectivity index (χ1v) is 9.08. The van der Waals surface area contributed by atoms with Crippen LogP contribution in [0.4, 0.5) is 0 Å². The van der Waals surface area contributed by atoms with Gasteiger partial charge in [0, 0.05) is 6.61 Å². The van der Waals surface area contributed by atoms with Crippen molar-refractivity contribution in [1.82, 2.24) is 0 Å². The molecule has 1 rings (SSSR count). The van der Waals surface area contributed by atoms with Crippen molar-refractivity contribution in [3.05, 3.63) is 42.1 Å². The van der Waals surface area contributed by atoms with E-state index in [1.54, 1.807) is 0 Å². The summed E-state index contributed by atoms with van der Waals surface area (Å²) < 4.78 is 0. The molecule has 0 bridgehead atoms. The number of unbranched alkanes of at least 4 members (excludes halogenated alkanes) is 2. The van der Waals surface area contributed by atoms with E-state index in [0.29, 0.717) is 6.61 Å². The van der Waals surface area contributed by atoms with Crippen LogP contribution in [-0.4, -0.2) is 19.8 Å². The van der Waals surface area contributed by atoms with Crippen LogP contribution in [0.2, 0.25) is 13.1 Å². The van der Waals surface area contributed by atoms with E-state index in [4.69, 9.17) is 5.11 Å². The van der Waals surface area contributed by atoms with E-state index in [-0.39, 0.29) is 0 Å². The van der Waals surface area contributed by atoms with E-state index < -0.39 is 8.07 Å². The van der Waals surface area contributed by atoms with Crippen molar-refractivity contribution in [2.24, 2.45) is 0 Å². The number of allylic oxidation sites excluding steroid dienone is 1. The number of benzene rings is 1. The Hall–Kier alpha value is -0.863. The van der Waals surface area contributed by atoms with Crippen LogP contribution < -0.4 is 5.19 Å². The molecule has 0 saturated heterocycles. The predicted molar refractivity (Wildman–Crippen MR) is 73.6 cm³/mol. The minimum atomic E-state index is -1.38. The molecule has 1 N–H and O–H groups in total. The minimum Gasteiger partial charge on any atom is -0.396 e. The molecule has 0 radical (unpaired) electrons. The first kappa shape index (κ1) is 13.2. The molecular weight excluding hydrogens is 212 g/mol. The van der Waals surface area contributed by atoms with Crippen molar-refractivity contribution in [3.63, 3.8) is 0 Å². The van der Waals surface area contributed by atoms with Gasteiger partial charge < -0.3 is 5.11 Å². The lowest BCUT2D eigenvalue weighted by Crippen LogP contribution is -2.39. The van der Waals surface area contributed by atoms with Gasteiger partial charge in [-0.25, -0.2) is 0 Å². The van der Waals surface area contributed by atoms with Crippen LogP contribution in [0.25, 0.3) is 0 Å². The second-order valence-electron chi connectivity index (χ2n) is 4.71. The molecule has 0 amide bonds. The molecule has 88 valence electrons. The maximum absolute atomic E-state index is 8.69. The Kier molecular flexibility index (Phi) is 5.50. The van der Waals surface area contributed by atoms with E-state index in [2.05, 4.69) is 55.2 Å². The zero-order valence-corrected chi connectivity index (χ0v) is 11.3. The molecule has 0 aliphatic carbocycles. The van der Waals surface area contributed by atoms with E-state index in [1.165, 1.54) is 5.19 Å². The van der Waals surface area contributed by atoms with Gasteiger partial charge in [-0.15, -0.1) is 0 Å². The molecule has 0 aromatic heterocycles. The Labute approximate surface area is 99.8 Å². The van der Waals surface area contributed by atoms with Crippen molar-refractivity contribution < 1.29 is 5.11 Å². The highest BCUT2D eigenvalue weighted by Crippen LogP contribution is 2.06. The average Bonchev–Trinajstić information content (AvgIpc) is 2.30. The Morgan fingerprint density at radius 1 is 1.12 bits per heavy atom. The third kappa shape index (κ3) is 4.33. The highest BCUT2D eigenvalue weighted by atomic mass is 28.3. The fraction of sp³-hybridized carbons (Fsp3) is 0.429. The Bertz CT molecular complexity index is 317. The van der Waals surface area contributed by atoms with E-state index in [1.807, 2.05) is 0 Å². The lowest BCUT2D eigenvalue weighted by molar-refractivity contribution is 0.285. The number of aliphatic hydroxyl groups is 1. The quantitative estimate of drug-likeness (QED) is 0.593. The van der Waals surface area contributed by atoms with Crippen LogP contribution in [0.3, 0.4) is 0 Å². The van der Waals surface area contributed by atoms with Crippen LogP contribution in [0, 0.1) is 0 Å². The summed E-state index contributed by atoms with van der Waals surface area (Å²) >= 11 is 0. The van der Waals surface area contributed by atoms with Gasteiger partial charge in [-0.05, 0) is 19.3 Å². The second kappa shape index (κ2) is 6.66. The summed E-state index contributed by atoms with van der Waals surface area (Å²) in [7, 11) is -1.38. The van der Waals surface area contributed by atoms with Crippen LogP contribution in [-0.2, 0) is 0 Å². The lowest BCUT2D eigenvalue weighted by Gasteiger charge is -2.18. The molecule has 0 spiro atoms. The summed E-state index contributed by atoms with van der Waals surface area (Å²) in [4.78, 5) is 0. The molecule has 16 heavy (non-hydrogen) atoms. The number of aliphatic hydroxyl groups excluding tert-OH is 1. The molecule has 0 unspecified atom stereocenters. The average molecular weight is 234 g/mol. The zero-order chi connectivity index (χ0) is 11.9. The monoisotopic (exact) mass is 234 g/mol. The minimum absolute atomic E-state index is 0.313. The van der Waals surface area contributed by atoms with Gasteiger partial charge in [0.05, 0.1) is 0 Å². The van der Waals surface area contributed by atoms with Gasteiger partial charge in [0.2, 0.25) is 0 Å². The molecule has 0 aliphatic rings. The van der Waals surface area contributed by atoms with E-state index in [0.717, 1.165) is 19.3 Å². The Balaban J connectivity index is 2.51. The predicted octanol–water partition coefficient (Wildman–Crippen LogP) is 2.86. The first-order valence-electron chi connectivity index (χ1n) is 6.01. The van der Waals surface area contributed by atoms with Crippen LogP contribution >= 0.6 is 0 Å². The van der Waals surface area contributed by atoms with Gasteiger partial charge in [0.25, 0.3) is 0 Å². The molecule has 0 atom stereocenters. The Morgan fingerprint density at radius 3 is 2.44 bits per heavy atom. The van der Waals surface area contributed by atoms with Gasteiger partial charge in [-0.1, -0.05) is 60.4 Å². The normalized spacial score (nSPS) is 12.2. The summed E-state index contributed by atoms with van der Waals surface area (Å²) in [5.41, 5.74) is 2.40. The topological polar surface area (TPSA) is 20.2 Å². The fourth-order valence-electron chi connectivity index (χ4n) is 1.72. The molecule has 2 heteroatoms. The Morgan fingerprint density at radius 2 is 1.81 bits per heavy atom. The summed E-state index contributed by atoms with van der Waals surface area (Å²) in [6, 6.07) is 10.8. The maximum Gasteiger partial charge on any atom is 0.103 e. The molecule has 0 heterocycles. The van der Waals surface area contributed by atoms with Crippen LogP contribution in [0.15, 0.2) is 42.1 Å². The largest absolute Gasteiger partial charge is 0.396 e. The molecule has 0 aliphatic heterocycles. The number of rotatable bonds is 6. The van der Waals surface area contributed by atoms with Crippen LogP contribution in [0.5, 0.6) is 0 Å². The van der Waals surface area contributed by atoms with E-state index in [9.17, 15) is 0 Å². The maximum atomic E-state index is 8.69. The van der Waals surface area contributed by atoms with Crippen molar-refractivity contribution in [2.75, 3.05) is 6.61 Å². The summed E-state index contributed by atoms with van der Waals surface area (Å²) in [6.45, 7) is 5.04. The fourth-order valence-corrected chi connectivity index (χ4v) is 3.72. The molecule has 0 saturated carbocycles. The summed E-state index contributed by atoms with van der Waals surface area (Å²) in [6.07, 6.45) is 5.38. The van der Waals surface area contributed by atoms with Crippen LogP contribution in [0.1, 0.15) is 19.3 Å². The second-order valence-corrected chi connectivity index (χ2v) is 9.06. The van der Waals surface area contributed by atoms with E-state index >= 15 is 0 Å². The smallest absolute Gasteiger partial charge is 0.103 e. The van der Waals surface area contributed by atoms with Gasteiger partial charge >= 0.3 is 0 Å².